The topological polar surface area (TPSA) is 129 Å². The number of hydrogen-bond acceptors (Lipinski definition) is 10. The maximum atomic E-state index is 14.5. The molecule has 3 aromatic rings. The Bertz CT molecular complexity index is 1810. The molecular formula is C40H53N9O4S. The van der Waals surface area contributed by atoms with Crippen molar-refractivity contribution in [2.24, 2.45) is 0 Å². The molecule has 8 bridgehead atoms. The SMILES string of the molecule is Cc1sc2nc1CC(=O)N[C@@H]1C[C@@H](C(=O)N3CCC(CC3)N3C[C@@H](n4cc(COc5ccccc5)nn4)C[C@H]3C(=O)N3CCC2CC3)N(C2CCCC2)C1. The molecule has 8 aliphatic rings. The van der Waals surface area contributed by atoms with Crippen molar-refractivity contribution >= 4 is 29.1 Å². The average molecular weight is 756 g/mol. The first-order valence-corrected chi connectivity index (χ1v) is 21.1. The van der Waals surface area contributed by atoms with Crippen LogP contribution in [-0.2, 0) is 27.4 Å². The van der Waals surface area contributed by atoms with E-state index in [-0.39, 0.29) is 60.3 Å². The molecule has 7 aliphatic heterocycles. The van der Waals surface area contributed by atoms with Crippen molar-refractivity contribution in [3.63, 3.8) is 0 Å². The minimum Gasteiger partial charge on any atom is -0.487 e. The van der Waals surface area contributed by atoms with E-state index in [1.165, 1.54) is 12.8 Å². The zero-order valence-corrected chi connectivity index (χ0v) is 32.2. The number of rotatable bonds is 5. The van der Waals surface area contributed by atoms with E-state index in [4.69, 9.17) is 9.72 Å². The lowest BCUT2D eigenvalue weighted by Crippen LogP contribution is -2.55. The van der Waals surface area contributed by atoms with Crippen LogP contribution >= 0.6 is 11.3 Å². The third kappa shape index (κ3) is 7.28. The first-order valence-electron chi connectivity index (χ1n) is 20.3. The lowest BCUT2D eigenvalue weighted by atomic mass is 9.96. The summed E-state index contributed by atoms with van der Waals surface area (Å²) in [4.78, 5) is 57.4. The van der Waals surface area contributed by atoms with Gasteiger partial charge < -0.3 is 19.9 Å². The molecule has 13 nitrogen and oxygen atoms in total. The second-order valence-electron chi connectivity index (χ2n) is 16.4. The van der Waals surface area contributed by atoms with Gasteiger partial charge in [-0.3, -0.25) is 24.2 Å². The molecule has 0 radical (unpaired) electrons. The molecule has 2 aromatic heterocycles. The van der Waals surface area contributed by atoms with Gasteiger partial charge >= 0.3 is 0 Å². The number of aryl methyl sites for hydroxylation is 1. The van der Waals surface area contributed by atoms with E-state index in [1.54, 1.807) is 11.3 Å². The molecule has 54 heavy (non-hydrogen) atoms. The number of carbonyl (C=O) groups excluding carboxylic acids is 3. The number of hydrogen-bond donors (Lipinski definition) is 1. The van der Waals surface area contributed by atoms with E-state index in [1.807, 2.05) is 41.2 Å². The van der Waals surface area contributed by atoms with Crippen molar-refractivity contribution in [1.29, 1.82) is 0 Å². The second kappa shape index (κ2) is 15.3. The van der Waals surface area contributed by atoms with Crippen molar-refractivity contribution in [1.82, 2.24) is 44.9 Å². The first kappa shape index (κ1) is 35.8. The van der Waals surface area contributed by atoms with Gasteiger partial charge in [-0.25, -0.2) is 9.67 Å². The van der Waals surface area contributed by atoms with E-state index in [0.29, 0.717) is 58.2 Å². The zero-order chi connectivity index (χ0) is 36.8. The number of amides is 3. The summed E-state index contributed by atoms with van der Waals surface area (Å²) < 4.78 is 7.89. The molecule has 3 amide bonds. The Labute approximate surface area is 321 Å². The van der Waals surface area contributed by atoms with Crippen LogP contribution in [0.15, 0.2) is 36.5 Å². The number of carbonyl (C=O) groups is 3. The van der Waals surface area contributed by atoms with Crippen molar-refractivity contribution in [3.05, 3.63) is 57.8 Å². The Kier molecular flexibility index (Phi) is 10.2. The highest BCUT2D eigenvalue weighted by Gasteiger charge is 2.47. The molecule has 1 N–H and O–H groups in total. The highest BCUT2D eigenvalue weighted by molar-refractivity contribution is 7.11. The molecule has 14 heteroatoms. The monoisotopic (exact) mass is 755 g/mol. The lowest BCUT2D eigenvalue weighted by molar-refractivity contribution is -0.141. The minimum absolute atomic E-state index is 0.00642. The molecule has 0 unspecified atom stereocenters. The molecule has 1 aromatic carbocycles. The minimum atomic E-state index is -0.250. The number of para-hydroxylation sites is 1. The fraction of sp³-hybridized carbons (Fsp3) is 0.650. The third-order valence-corrected chi connectivity index (χ3v) is 14.3. The third-order valence-electron chi connectivity index (χ3n) is 13.1. The number of likely N-dealkylation sites (tertiary alicyclic amines) is 1. The van der Waals surface area contributed by atoms with Gasteiger partial charge in [0.25, 0.3) is 0 Å². The molecule has 11 rings (SSSR count). The average Bonchev–Trinajstić information content (AvgIpc) is 4.05. The highest BCUT2D eigenvalue weighted by Crippen LogP contribution is 2.38. The molecule has 9 heterocycles. The Morgan fingerprint density at radius 3 is 2.22 bits per heavy atom. The van der Waals surface area contributed by atoms with Crippen LogP contribution in [-0.4, -0.2) is 127 Å². The smallest absolute Gasteiger partial charge is 0.240 e. The summed E-state index contributed by atoms with van der Waals surface area (Å²) in [6.07, 6.45) is 11.6. The Morgan fingerprint density at radius 2 is 1.48 bits per heavy atom. The van der Waals surface area contributed by atoms with Crippen LogP contribution in [0.1, 0.15) is 97.4 Å². The van der Waals surface area contributed by atoms with Crippen LogP contribution in [0.5, 0.6) is 5.75 Å². The maximum Gasteiger partial charge on any atom is 0.240 e. The quantitative estimate of drug-likeness (QED) is 0.415. The van der Waals surface area contributed by atoms with Gasteiger partial charge in [-0.05, 0) is 70.4 Å². The van der Waals surface area contributed by atoms with Gasteiger partial charge in [-0.2, -0.15) is 0 Å². The van der Waals surface area contributed by atoms with Crippen molar-refractivity contribution in [3.8, 4) is 5.75 Å². The summed E-state index contributed by atoms with van der Waals surface area (Å²) >= 11 is 1.70. The second-order valence-corrected chi connectivity index (χ2v) is 17.7. The van der Waals surface area contributed by atoms with Crippen LogP contribution in [0.4, 0.5) is 0 Å². The normalized spacial score (nSPS) is 30.2. The van der Waals surface area contributed by atoms with Crippen LogP contribution in [0.3, 0.4) is 0 Å². The van der Waals surface area contributed by atoms with Crippen molar-refractivity contribution in [2.45, 2.75) is 126 Å². The molecule has 5 fully saturated rings. The number of benzene rings is 1. The molecule has 4 saturated heterocycles. The predicted molar refractivity (Wildman–Crippen MR) is 203 cm³/mol. The highest BCUT2D eigenvalue weighted by atomic mass is 32.1. The van der Waals surface area contributed by atoms with Crippen molar-refractivity contribution < 1.29 is 19.1 Å². The fourth-order valence-electron chi connectivity index (χ4n) is 10.2. The summed E-state index contributed by atoms with van der Waals surface area (Å²) in [7, 11) is 0. The van der Waals surface area contributed by atoms with Crippen LogP contribution in [0.25, 0.3) is 0 Å². The summed E-state index contributed by atoms with van der Waals surface area (Å²) in [5.41, 5.74) is 1.61. The molecular weight excluding hydrogens is 703 g/mol. The van der Waals surface area contributed by atoms with Gasteiger partial charge in [0.2, 0.25) is 17.7 Å². The molecule has 4 atom stereocenters. The summed E-state index contributed by atoms with van der Waals surface area (Å²) in [6, 6.07) is 9.83. The van der Waals surface area contributed by atoms with Crippen LogP contribution in [0, 0.1) is 6.92 Å². The standard InChI is InChI=1S/C40H53N9O4S/c1-26-34-21-37(50)41-28-19-35(47(22-28)30-7-5-6-8-30)39(51)46-17-13-31(14-18-46)48-24-32(49-23-29(43-44-49)25-53-33-9-3-2-4-10-33)20-36(48)40(52)45-15-11-27(12-16-45)38(42-34)54-26/h2-4,9-10,23,27-28,30-32,35-36H,5-8,11-22,24-25H2,1H3,(H,41,50)/t28-,32+,35+,36+/m1/s1. The number of ether oxygens (including phenoxy) is 1. The number of fused-ring (bicyclic) bond motifs is 2. The Hall–Kier alpha value is -3.88. The van der Waals surface area contributed by atoms with Gasteiger partial charge in [-0.15, -0.1) is 16.4 Å². The van der Waals surface area contributed by atoms with E-state index < -0.39 is 0 Å². The fourth-order valence-corrected chi connectivity index (χ4v) is 11.3. The molecule has 288 valence electrons. The number of thiazole rings is 1. The van der Waals surface area contributed by atoms with Crippen molar-refractivity contribution in [2.75, 3.05) is 39.3 Å². The van der Waals surface area contributed by atoms with Gasteiger partial charge in [0.1, 0.15) is 18.1 Å². The van der Waals surface area contributed by atoms with Gasteiger partial charge in [-0.1, -0.05) is 36.3 Å². The molecule has 1 saturated carbocycles. The summed E-state index contributed by atoms with van der Waals surface area (Å²) in [6.45, 7) is 6.60. The van der Waals surface area contributed by atoms with E-state index in [0.717, 1.165) is 72.1 Å². The largest absolute Gasteiger partial charge is 0.487 e. The lowest BCUT2D eigenvalue weighted by Gasteiger charge is -2.42. The maximum absolute atomic E-state index is 14.5. The van der Waals surface area contributed by atoms with Gasteiger partial charge in [0.15, 0.2) is 0 Å². The number of aromatic nitrogens is 4. The Balaban J connectivity index is 0.962. The summed E-state index contributed by atoms with van der Waals surface area (Å²) in [5.74, 6) is 1.47. The van der Waals surface area contributed by atoms with Crippen LogP contribution < -0.4 is 10.1 Å². The van der Waals surface area contributed by atoms with E-state index >= 15 is 0 Å². The zero-order valence-electron chi connectivity index (χ0n) is 31.4. The van der Waals surface area contributed by atoms with E-state index in [2.05, 4.69) is 42.2 Å². The van der Waals surface area contributed by atoms with Gasteiger partial charge in [0, 0.05) is 68.2 Å². The predicted octanol–water partition coefficient (Wildman–Crippen LogP) is 3.69. The van der Waals surface area contributed by atoms with Gasteiger partial charge in [0.05, 0.1) is 41.4 Å². The first-order chi connectivity index (χ1) is 26.4. The Morgan fingerprint density at radius 1 is 0.815 bits per heavy atom. The number of piperidine rings is 2. The number of nitrogens with zero attached hydrogens (tertiary/aromatic N) is 8. The van der Waals surface area contributed by atoms with Crippen LogP contribution in [0.2, 0.25) is 0 Å². The van der Waals surface area contributed by atoms with E-state index in [9.17, 15) is 14.4 Å². The molecule has 1 aliphatic carbocycles. The summed E-state index contributed by atoms with van der Waals surface area (Å²) in [5, 5.41) is 13.4. The number of nitrogens with one attached hydrogen (secondary N) is 1. The molecule has 0 spiro atoms.